The largest absolute Gasteiger partial charge is 0.320 e. The molecule has 5 nitrogen and oxygen atoms in total. The number of benzene rings is 1. The summed E-state index contributed by atoms with van der Waals surface area (Å²) in [7, 11) is 0. The lowest BCUT2D eigenvalue weighted by atomic mass is 10.1. The third kappa shape index (κ3) is 3.20. The number of aryl methyl sites for hydroxylation is 2. The lowest BCUT2D eigenvalue weighted by Gasteiger charge is -2.07. The third-order valence-electron chi connectivity index (χ3n) is 2.61. The summed E-state index contributed by atoms with van der Waals surface area (Å²) in [6.45, 7) is 3.98. The molecular formula is C14H14N4OS. The summed E-state index contributed by atoms with van der Waals surface area (Å²) in [5.74, 6) is 5.51. The van der Waals surface area contributed by atoms with Crippen LogP contribution in [0.1, 0.15) is 26.5 Å². The number of carbonyl (C=O) groups is 1. The first-order valence-corrected chi connectivity index (χ1v) is 6.79. The highest BCUT2D eigenvalue weighted by Gasteiger charge is 2.14. The predicted octanol–water partition coefficient (Wildman–Crippen LogP) is 1.72. The van der Waals surface area contributed by atoms with E-state index in [1.54, 1.807) is 6.92 Å². The van der Waals surface area contributed by atoms with Crippen LogP contribution in [0.25, 0.3) is 0 Å². The molecule has 20 heavy (non-hydrogen) atoms. The van der Waals surface area contributed by atoms with Crippen molar-refractivity contribution in [2.24, 2.45) is 5.73 Å². The van der Waals surface area contributed by atoms with Gasteiger partial charge >= 0.3 is 0 Å². The maximum absolute atomic E-state index is 12.2. The molecule has 0 saturated carbocycles. The Balaban J connectivity index is 2.31. The van der Waals surface area contributed by atoms with Crippen molar-refractivity contribution in [3.63, 3.8) is 0 Å². The number of anilines is 1. The number of carbonyl (C=O) groups excluding carboxylic acids is 1. The Kier molecular flexibility index (Phi) is 4.45. The summed E-state index contributed by atoms with van der Waals surface area (Å²) in [6, 6.07) is 5.68. The van der Waals surface area contributed by atoms with E-state index < -0.39 is 0 Å². The van der Waals surface area contributed by atoms with Gasteiger partial charge < -0.3 is 11.1 Å². The maximum Gasteiger partial charge on any atom is 0.269 e. The van der Waals surface area contributed by atoms with Crippen molar-refractivity contribution >= 4 is 23.1 Å². The van der Waals surface area contributed by atoms with E-state index in [1.165, 1.54) is 0 Å². The zero-order chi connectivity index (χ0) is 14.5. The van der Waals surface area contributed by atoms with Crippen LogP contribution in [0.5, 0.6) is 0 Å². The van der Waals surface area contributed by atoms with Crippen LogP contribution >= 0.6 is 11.5 Å². The second-order valence-electron chi connectivity index (χ2n) is 4.20. The van der Waals surface area contributed by atoms with Crippen LogP contribution < -0.4 is 11.1 Å². The monoisotopic (exact) mass is 286 g/mol. The molecule has 2 rings (SSSR count). The fraction of sp³-hybridized carbons (Fsp3) is 0.214. The van der Waals surface area contributed by atoms with Gasteiger partial charge in [0.25, 0.3) is 5.91 Å². The van der Waals surface area contributed by atoms with E-state index in [2.05, 4.69) is 26.7 Å². The quantitative estimate of drug-likeness (QED) is 0.824. The number of hydrogen-bond donors (Lipinski definition) is 2. The minimum Gasteiger partial charge on any atom is -0.320 e. The van der Waals surface area contributed by atoms with Crippen molar-refractivity contribution < 1.29 is 4.79 Å². The van der Waals surface area contributed by atoms with Crippen LogP contribution in [-0.4, -0.2) is 22.0 Å². The highest BCUT2D eigenvalue weighted by atomic mass is 32.1. The summed E-state index contributed by atoms with van der Waals surface area (Å²) in [5, 5.41) is 6.68. The molecule has 3 N–H and O–H groups in total. The Morgan fingerprint density at radius 3 is 2.90 bits per heavy atom. The number of rotatable bonds is 2. The first kappa shape index (κ1) is 14.2. The molecule has 6 heteroatoms. The van der Waals surface area contributed by atoms with Crippen molar-refractivity contribution in [3.05, 3.63) is 39.9 Å². The van der Waals surface area contributed by atoms with Crippen LogP contribution in [0.3, 0.4) is 0 Å². The summed E-state index contributed by atoms with van der Waals surface area (Å²) >= 11 is 1.08. The first-order chi connectivity index (χ1) is 9.61. The van der Waals surface area contributed by atoms with Crippen molar-refractivity contribution in [2.75, 3.05) is 11.9 Å². The minimum atomic E-state index is -0.223. The van der Waals surface area contributed by atoms with Gasteiger partial charge in [-0.1, -0.05) is 22.4 Å². The molecule has 0 bridgehead atoms. The molecular weight excluding hydrogens is 272 g/mol. The molecule has 0 saturated heterocycles. The molecule has 102 valence electrons. The molecule has 0 unspecified atom stereocenters. The molecule has 0 aliphatic carbocycles. The first-order valence-electron chi connectivity index (χ1n) is 6.01. The van der Waals surface area contributed by atoms with Gasteiger partial charge in [0.2, 0.25) is 0 Å². The number of aromatic nitrogens is 2. The average Bonchev–Trinajstić information content (AvgIpc) is 2.84. The molecule has 0 aliphatic rings. The normalized spacial score (nSPS) is 9.75. The standard InChI is InChI=1S/C14H14N4OS/c1-9-5-6-11(4-3-7-15)12(8-9)16-14(19)13-10(2)17-18-20-13/h5-6,8H,7,15H2,1-2H3,(H,16,19). The summed E-state index contributed by atoms with van der Waals surface area (Å²) in [5.41, 5.74) is 8.45. The van der Waals surface area contributed by atoms with Gasteiger partial charge in [0, 0.05) is 5.56 Å². The maximum atomic E-state index is 12.2. The van der Waals surface area contributed by atoms with Crippen LogP contribution in [0, 0.1) is 25.7 Å². The third-order valence-corrected chi connectivity index (χ3v) is 3.43. The molecule has 1 heterocycles. The lowest BCUT2D eigenvalue weighted by Crippen LogP contribution is -2.12. The van der Waals surface area contributed by atoms with Crippen LogP contribution in [0.2, 0.25) is 0 Å². The molecule has 0 aliphatic heterocycles. The smallest absolute Gasteiger partial charge is 0.269 e. The van der Waals surface area contributed by atoms with E-state index in [0.717, 1.165) is 22.7 Å². The Labute approximate surface area is 121 Å². The number of amides is 1. The van der Waals surface area contributed by atoms with Gasteiger partial charge in [0.05, 0.1) is 17.9 Å². The summed E-state index contributed by atoms with van der Waals surface area (Å²) < 4.78 is 3.76. The van der Waals surface area contributed by atoms with Crippen molar-refractivity contribution in [1.29, 1.82) is 0 Å². The number of nitrogens with two attached hydrogens (primary N) is 1. The minimum absolute atomic E-state index is 0.223. The van der Waals surface area contributed by atoms with Crippen LogP contribution in [0.15, 0.2) is 18.2 Å². The fourth-order valence-electron chi connectivity index (χ4n) is 1.64. The summed E-state index contributed by atoms with van der Waals surface area (Å²) in [4.78, 5) is 12.7. The average molecular weight is 286 g/mol. The van der Waals surface area contributed by atoms with Gasteiger partial charge in [0.1, 0.15) is 4.88 Å². The molecule has 0 spiro atoms. The Morgan fingerprint density at radius 2 is 2.25 bits per heavy atom. The summed E-state index contributed by atoms with van der Waals surface area (Å²) in [6.07, 6.45) is 0. The van der Waals surface area contributed by atoms with E-state index in [-0.39, 0.29) is 12.5 Å². The molecule has 1 aromatic heterocycles. The van der Waals surface area contributed by atoms with E-state index in [4.69, 9.17) is 5.73 Å². The van der Waals surface area contributed by atoms with E-state index in [1.807, 2.05) is 25.1 Å². The van der Waals surface area contributed by atoms with Crippen molar-refractivity contribution in [1.82, 2.24) is 9.59 Å². The van der Waals surface area contributed by atoms with Gasteiger partial charge in [-0.15, -0.1) is 5.10 Å². The van der Waals surface area contributed by atoms with Gasteiger partial charge in [-0.2, -0.15) is 0 Å². The SMILES string of the molecule is Cc1ccc(C#CCN)c(NC(=O)c2snnc2C)c1. The molecule has 0 atom stereocenters. The van der Waals surface area contributed by atoms with E-state index >= 15 is 0 Å². The topological polar surface area (TPSA) is 80.9 Å². The Bertz CT molecular complexity index is 697. The number of nitrogens with one attached hydrogen (secondary N) is 1. The number of nitrogens with zero attached hydrogens (tertiary/aromatic N) is 2. The van der Waals surface area contributed by atoms with E-state index in [9.17, 15) is 4.79 Å². The second-order valence-corrected chi connectivity index (χ2v) is 4.95. The van der Waals surface area contributed by atoms with E-state index in [0.29, 0.717) is 16.3 Å². The fourth-order valence-corrected chi connectivity index (χ4v) is 2.19. The molecule has 2 aromatic rings. The molecule has 0 fully saturated rings. The molecule has 1 amide bonds. The van der Waals surface area contributed by atoms with Gasteiger partial charge in [-0.25, -0.2) is 0 Å². The number of hydrogen-bond acceptors (Lipinski definition) is 5. The van der Waals surface area contributed by atoms with Crippen LogP contribution in [-0.2, 0) is 0 Å². The van der Waals surface area contributed by atoms with Gasteiger partial charge in [-0.3, -0.25) is 4.79 Å². The second kappa shape index (κ2) is 6.28. The predicted molar refractivity (Wildman–Crippen MR) is 79.7 cm³/mol. The highest BCUT2D eigenvalue weighted by Crippen LogP contribution is 2.19. The Morgan fingerprint density at radius 1 is 1.45 bits per heavy atom. The molecule has 1 aromatic carbocycles. The van der Waals surface area contributed by atoms with Crippen molar-refractivity contribution in [2.45, 2.75) is 13.8 Å². The van der Waals surface area contributed by atoms with Crippen LogP contribution in [0.4, 0.5) is 5.69 Å². The highest BCUT2D eigenvalue weighted by molar-refractivity contribution is 7.08. The lowest BCUT2D eigenvalue weighted by molar-refractivity contribution is 0.103. The van der Waals surface area contributed by atoms with Gasteiger partial charge in [-0.05, 0) is 43.1 Å². The zero-order valence-corrected chi connectivity index (χ0v) is 12.0. The van der Waals surface area contributed by atoms with Crippen molar-refractivity contribution in [3.8, 4) is 11.8 Å². The Hall–Kier alpha value is -2.23. The zero-order valence-electron chi connectivity index (χ0n) is 11.2. The molecule has 0 radical (unpaired) electrons. The van der Waals surface area contributed by atoms with Gasteiger partial charge in [0.15, 0.2) is 0 Å².